The summed E-state index contributed by atoms with van der Waals surface area (Å²) in [7, 11) is 0. The maximum absolute atomic E-state index is 13.1. The Morgan fingerprint density at radius 1 is 1.61 bits per heavy atom. The number of hydrogen-bond acceptors (Lipinski definition) is 4. The van der Waals surface area contributed by atoms with Crippen molar-refractivity contribution in [3.8, 4) is 0 Å². The van der Waals surface area contributed by atoms with E-state index in [4.69, 9.17) is 5.73 Å². The van der Waals surface area contributed by atoms with Gasteiger partial charge in [0.1, 0.15) is 11.5 Å². The fourth-order valence-electron chi connectivity index (χ4n) is 2.53. The zero-order valence-corrected chi connectivity index (χ0v) is 10.2. The molecule has 6 heteroatoms. The van der Waals surface area contributed by atoms with Crippen LogP contribution >= 0.6 is 0 Å². The normalized spacial score (nSPS) is 23.4. The lowest BCUT2D eigenvalue weighted by molar-refractivity contribution is -0.384. The molecule has 0 aromatic heterocycles. The SMILES string of the molecule is CC1CC(CN)CN1c1ccc(F)cc1[N+](=O)[O-]. The molecule has 0 radical (unpaired) electrons. The molecule has 0 bridgehead atoms. The van der Waals surface area contributed by atoms with Crippen molar-refractivity contribution in [1.82, 2.24) is 0 Å². The van der Waals surface area contributed by atoms with Crippen LogP contribution < -0.4 is 10.6 Å². The molecule has 1 aliphatic heterocycles. The Bertz CT molecular complexity index is 467. The van der Waals surface area contributed by atoms with Crippen LogP contribution in [-0.4, -0.2) is 24.1 Å². The molecular formula is C12H16FN3O2. The molecule has 1 heterocycles. The minimum absolute atomic E-state index is 0.181. The highest BCUT2D eigenvalue weighted by Gasteiger charge is 2.32. The first-order valence-corrected chi connectivity index (χ1v) is 5.93. The molecule has 0 spiro atoms. The molecule has 2 N–H and O–H groups in total. The Balaban J connectivity index is 2.36. The summed E-state index contributed by atoms with van der Waals surface area (Å²) in [5.41, 5.74) is 5.93. The van der Waals surface area contributed by atoms with E-state index < -0.39 is 10.7 Å². The molecule has 0 aliphatic carbocycles. The molecule has 0 amide bonds. The molecule has 2 atom stereocenters. The van der Waals surface area contributed by atoms with Crippen LogP contribution in [0.4, 0.5) is 15.8 Å². The van der Waals surface area contributed by atoms with Crippen LogP contribution in [0.15, 0.2) is 18.2 Å². The lowest BCUT2D eigenvalue weighted by atomic mass is 10.1. The third-order valence-electron chi connectivity index (χ3n) is 3.44. The van der Waals surface area contributed by atoms with E-state index in [1.54, 1.807) is 0 Å². The number of halogens is 1. The van der Waals surface area contributed by atoms with Gasteiger partial charge < -0.3 is 10.6 Å². The van der Waals surface area contributed by atoms with Gasteiger partial charge in [0.2, 0.25) is 0 Å². The second-order valence-corrected chi connectivity index (χ2v) is 4.73. The largest absolute Gasteiger partial charge is 0.363 e. The number of benzene rings is 1. The highest BCUT2D eigenvalue weighted by molar-refractivity contribution is 5.64. The lowest BCUT2D eigenvalue weighted by Crippen LogP contribution is -2.28. The van der Waals surface area contributed by atoms with Crippen molar-refractivity contribution < 1.29 is 9.31 Å². The lowest BCUT2D eigenvalue weighted by Gasteiger charge is -2.23. The van der Waals surface area contributed by atoms with E-state index in [1.807, 2.05) is 11.8 Å². The van der Waals surface area contributed by atoms with Crippen LogP contribution in [0.3, 0.4) is 0 Å². The van der Waals surface area contributed by atoms with Crippen molar-refractivity contribution in [2.75, 3.05) is 18.0 Å². The fourth-order valence-corrected chi connectivity index (χ4v) is 2.53. The Labute approximate surface area is 105 Å². The van der Waals surface area contributed by atoms with Crippen LogP contribution in [0.25, 0.3) is 0 Å². The topological polar surface area (TPSA) is 72.4 Å². The van der Waals surface area contributed by atoms with Gasteiger partial charge in [0, 0.05) is 12.6 Å². The average Bonchev–Trinajstić information content (AvgIpc) is 2.70. The fraction of sp³-hybridized carbons (Fsp3) is 0.500. The van der Waals surface area contributed by atoms with Gasteiger partial charge in [0.05, 0.1) is 11.0 Å². The van der Waals surface area contributed by atoms with Gasteiger partial charge in [-0.15, -0.1) is 0 Å². The van der Waals surface area contributed by atoms with Crippen LogP contribution in [0.1, 0.15) is 13.3 Å². The zero-order chi connectivity index (χ0) is 13.3. The summed E-state index contributed by atoms with van der Waals surface area (Å²) >= 11 is 0. The Hall–Kier alpha value is -1.69. The monoisotopic (exact) mass is 253 g/mol. The molecule has 1 aromatic rings. The second kappa shape index (κ2) is 4.89. The highest BCUT2D eigenvalue weighted by Crippen LogP contribution is 2.35. The number of nitro groups is 1. The first kappa shape index (κ1) is 12.8. The predicted octanol–water partition coefficient (Wildman–Crippen LogP) is 1.91. The predicted molar refractivity (Wildman–Crippen MR) is 67.0 cm³/mol. The average molecular weight is 253 g/mol. The summed E-state index contributed by atoms with van der Waals surface area (Å²) in [5, 5.41) is 11.0. The molecule has 1 fully saturated rings. The van der Waals surface area contributed by atoms with Crippen molar-refractivity contribution in [2.24, 2.45) is 11.7 Å². The number of anilines is 1. The molecule has 2 rings (SSSR count). The van der Waals surface area contributed by atoms with Crippen LogP contribution in [-0.2, 0) is 0 Å². The second-order valence-electron chi connectivity index (χ2n) is 4.73. The van der Waals surface area contributed by atoms with Gasteiger partial charge in [-0.2, -0.15) is 0 Å². The van der Waals surface area contributed by atoms with Crippen LogP contribution in [0.2, 0.25) is 0 Å². The summed E-state index contributed by atoms with van der Waals surface area (Å²) in [4.78, 5) is 12.4. The van der Waals surface area contributed by atoms with Gasteiger partial charge in [0.25, 0.3) is 5.69 Å². The first-order chi connectivity index (χ1) is 8.52. The van der Waals surface area contributed by atoms with Gasteiger partial charge in [-0.05, 0) is 37.9 Å². The Morgan fingerprint density at radius 3 is 2.89 bits per heavy atom. The van der Waals surface area contributed by atoms with E-state index in [-0.39, 0.29) is 11.7 Å². The van der Waals surface area contributed by atoms with Gasteiger partial charge in [0.15, 0.2) is 0 Å². The summed E-state index contributed by atoms with van der Waals surface area (Å²) in [5.74, 6) is -0.252. The quantitative estimate of drug-likeness (QED) is 0.659. The van der Waals surface area contributed by atoms with Gasteiger partial charge >= 0.3 is 0 Å². The molecule has 0 saturated carbocycles. The van der Waals surface area contributed by atoms with E-state index in [9.17, 15) is 14.5 Å². The number of nitro benzene ring substituents is 1. The van der Waals surface area contributed by atoms with E-state index >= 15 is 0 Å². The molecule has 98 valence electrons. The van der Waals surface area contributed by atoms with Crippen molar-refractivity contribution in [3.05, 3.63) is 34.1 Å². The van der Waals surface area contributed by atoms with Gasteiger partial charge in [-0.25, -0.2) is 4.39 Å². The standard InChI is InChI=1S/C12H16FN3O2/c1-8-4-9(6-14)7-15(8)11-3-2-10(13)5-12(11)16(17)18/h2-3,5,8-9H,4,6-7,14H2,1H3. The van der Waals surface area contributed by atoms with Crippen molar-refractivity contribution in [1.29, 1.82) is 0 Å². The third-order valence-corrected chi connectivity index (χ3v) is 3.44. The summed E-state index contributed by atoms with van der Waals surface area (Å²) in [6.45, 7) is 3.25. The smallest absolute Gasteiger partial charge is 0.295 e. The van der Waals surface area contributed by atoms with E-state index in [0.717, 1.165) is 12.5 Å². The number of hydrogen-bond donors (Lipinski definition) is 1. The van der Waals surface area contributed by atoms with Gasteiger partial charge in [-0.1, -0.05) is 0 Å². The molecule has 1 aliphatic rings. The van der Waals surface area contributed by atoms with Crippen LogP contribution in [0.5, 0.6) is 0 Å². The maximum atomic E-state index is 13.1. The van der Waals surface area contributed by atoms with Crippen molar-refractivity contribution in [3.63, 3.8) is 0 Å². The first-order valence-electron chi connectivity index (χ1n) is 5.93. The number of nitrogens with two attached hydrogens (primary N) is 1. The molecule has 5 nitrogen and oxygen atoms in total. The van der Waals surface area contributed by atoms with Gasteiger partial charge in [-0.3, -0.25) is 10.1 Å². The van der Waals surface area contributed by atoms with Crippen molar-refractivity contribution in [2.45, 2.75) is 19.4 Å². The van der Waals surface area contributed by atoms with Crippen LogP contribution in [0, 0.1) is 21.8 Å². The van der Waals surface area contributed by atoms with Crippen molar-refractivity contribution >= 4 is 11.4 Å². The van der Waals surface area contributed by atoms with E-state index in [0.29, 0.717) is 24.7 Å². The minimum Gasteiger partial charge on any atom is -0.363 e. The summed E-state index contributed by atoms with van der Waals surface area (Å²) in [6.07, 6.45) is 0.908. The number of rotatable bonds is 3. The summed E-state index contributed by atoms with van der Waals surface area (Å²) in [6, 6.07) is 3.88. The maximum Gasteiger partial charge on any atom is 0.295 e. The number of nitrogens with zero attached hydrogens (tertiary/aromatic N) is 2. The third kappa shape index (κ3) is 2.28. The molecule has 18 heavy (non-hydrogen) atoms. The Morgan fingerprint density at radius 2 is 2.33 bits per heavy atom. The highest BCUT2D eigenvalue weighted by atomic mass is 19.1. The zero-order valence-electron chi connectivity index (χ0n) is 10.2. The molecule has 2 unspecified atom stereocenters. The molecule has 1 saturated heterocycles. The van der Waals surface area contributed by atoms with E-state index in [2.05, 4.69) is 0 Å². The minimum atomic E-state index is -0.590. The van der Waals surface area contributed by atoms with E-state index in [1.165, 1.54) is 12.1 Å². The Kier molecular flexibility index (Phi) is 3.47. The molecule has 1 aromatic carbocycles. The summed E-state index contributed by atoms with van der Waals surface area (Å²) < 4.78 is 13.1. The molecular weight excluding hydrogens is 237 g/mol.